The summed E-state index contributed by atoms with van der Waals surface area (Å²) in [5.41, 5.74) is 1.34. The summed E-state index contributed by atoms with van der Waals surface area (Å²) in [6.45, 7) is 1.84. The van der Waals surface area contributed by atoms with Crippen LogP contribution >= 0.6 is 11.6 Å². The number of esters is 1. The van der Waals surface area contributed by atoms with Gasteiger partial charge in [-0.3, -0.25) is 0 Å². The first-order chi connectivity index (χ1) is 8.15. The van der Waals surface area contributed by atoms with Crippen LogP contribution in [0.5, 0.6) is 5.75 Å². The highest BCUT2D eigenvalue weighted by Crippen LogP contribution is 2.20. The third-order valence-corrected chi connectivity index (χ3v) is 2.37. The Hall–Kier alpha value is -1.80. The lowest BCUT2D eigenvalue weighted by Gasteiger charge is -2.05. The summed E-state index contributed by atoms with van der Waals surface area (Å²) < 4.78 is 5.22. The summed E-state index contributed by atoms with van der Waals surface area (Å²) in [6.07, 6.45) is 0. The molecule has 0 fully saturated rings. The van der Waals surface area contributed by atoms with E-state index in [0.717, 1.165) is 5.56 Å². The molecule has 0 aliphatic carbocycles. The van der Waals surface area contributed by atoms with Crippen molar-refractivity contribution in [3.8, 4) is 5.75 Å². The SMILES string of the molecule is Cc1[c]c(Cl)cc(OC(=O)c2ccccc2)c1. The topological polar surface area (TPSA) is 26.3 Å². The zero-order chi connectivity index (χ0) is 12.3. The van der Waals surface area contributed by atoms with E-state index >= 15 is 0 Å². The number of carbonyl (C=O) groups is 1. The third-order valence-electron chi connectivity index (χ3n) is 2.16. The summed E-state index contributed by atoms with van der Waals surface area (Å²) >= 11 is 5.83. The number of hydrogen-bond donors (Lipinski definition) is 0. The van der Waals surface area contributed by atoms with Gasteiger partial charge in [-0.2, -0.15) is 0 Å². The van der Waals surface area contributed by atoms with Crippen LogP contribution in [0.3, 0.4) is 0 Å². The van der Waals surface area contributed by atoms with E-state index in [1.54, 1.807) is 36.4 Å². The van der Waals surface area contributed by atoms with Crippen molar-refractivity contribution >= 4 is 17.6 Å². The van der Waals surface area contributed by atoms with Crippen LogP contribution < -0.4 is 4.74 Å². The summed E-state index contributed by atoms with van der Waals surface area (Å²) in [4.78, 5) is 11.8. The molecule has 0 aromatic heterocycles. The van der Waals surface area contributed by atoms with E-state index in [1.165, 1.54) is 0 Å². The van der Waals surface area contributed by atoms with Crippen LogP contribution in [0.25, 0.3) is 0 Å². The van der Waals surface area contributed by atoms with E-state index in [1.807, 2.05) is 13.0 Å². The van der Waals surface area contributed by atoms with Gasteiger partial charge in [0.25, 0.3) is 0 Å². The minimum Gasteiger partial charge on any atom is -0.423 e. The molecule has 1 radical (unpaired) electrons. The van der Waals surface area contributed by atoms with E-state index in [-0.39, 0.29) is 0 Å². The lowest BCUT2D eigenvalue weighted by Crippen LogP contribution is -2.08. The smallest absolute Gasteiger partial charge is 0.343 e. The second-order valence-electron chi connectivity index (χ2n) is 3.60. The van der Waals surface area contributed by atoms with Gasteiger partial charge in [-0.05, 0) is 30.7 Å². The lowest BCUT2D eigenvalue weighted by molar-refractivity contribution is 0.0735. The fraction of sp³-hybridized carbons (Fsp3) is 0.0714. The first kappa shape index (κ1) is 11.7. The second kappa shape index (κ2) is 5.02. The van der Waals surface area contributed by atoms with Crippen LogP contribution in [-0.4, -0.2) is 5.97 Å². The van der Waals surface area contributed by atoms with Gasteiger partial charge in [-0.25, -0.2) is 4.79 Å². The number of halogens is 1. The average molecular weight is 246 g/mol. The lowest BCUT2D eigenvalue weighted by atomic mass is 10.2. The van der Waals surface area contributed by atoms with Crippen molar-refractivity contribution < 1.29 is 9.53 Å². The number of carbonyl (C=O) groups excluding carboxylic acids is 1. The van der Waals surface area contributed by atoms with Gasteiger partial charge in [0, 0.05) is 12.1 Å². The Morgan fingerprint density at radius 2 is 1.94 bits per heavy atom. The van der Waals surface area contributed by atoms with Crippen LogP contribution in [0, 0.1) is 13.0 Å². The Labute approximate surface area is 105 Å². The van der Waals surface area contributed by atoms with Crippen molar-refractivity contribution in [1.82, 2.24) is 0 Å². The Kier molecular flexibility index (Phi) is 3.45. The molecule has 0 aliphatic heterocycles. The van der Waals surface area contributed by atoms with Crippen molar-refractivity contribution in [3.05, 3.63) is 64.7 Å². The van der Waals surface area contributed by atoms with Gasteiger partial charge in [0.1, 0.15) is 5.75 Å². The summed E-state index contributed by atoms with van der Waals surface area (Å²) in [6, 6.07) is 15.0. The van der Waals surface area contributed by atoms with Crippen molar-refractivity contribution in [1.29, 1.82) is 0 Å². The van der Waals surface area contributed by atoms with Crippen LogP contribution in [0.4, 0.5) is 0 Å². The van der Waals surface area contributed by atoms with Gasteiger partial charge in [-0.1, -0.05) is 29.8 Å². The molecular weight excluding hydrogens is 236 g/mol. The quantitative estimate of drug-likeness (QED) is 0.596. The third kappa shape index (κ3) is 3.08. The molecular formula is C14H10ClO2. The normalized spacial score (nSPS) is 10.0. The summed E-state index contributed by atoms with van der Waals surface area (Å²) in [5, 5.41) is 0.431. The largest absolute Gasteiger partial charge is 0.423 e. The Balaban J connectivity index is 2.19. The molecule has 0 saturated carbocycles. The van der Waals surface area contributed by atoms with Gasteiger partial charge in [0.2, 0.25) is 0 Å². The Morgan fingerprint density at radius 1 is 1.24 bits per heavy atom. The molecule has 17 heavy (non-hydrogen) atoms. The molecule has 0 aliphatic rings. The van der Waals surface area contributed by atoms with E-state index in [4.69, 9.17) is 16.3 Å². The average Bonchev–Trinajstić information content (AvgIpc) is 2.28. The molecule has 0 spiro atoms. The number of ether oxygens (including phenoxy) is 1. The molecule has 85 valence electrons. The molecule has 0 amide bonds. The molecule has 0 N–H and O–H groups in total. The van der Waals surface area contributed by atoms with Crippen LogP contribution in [0.15, 0.2) is 42.5 Å². The molecule has 0 bridgehead atoms. The highest BCUT2D eigenvalue weighted by atomic mass is 35.5. The zero-order valence-corrected chi connectivity index (χ0v) is 9.99. The van der Waals surface area contributed by atoms with Crippen LogP contribution in [-0.2, 0) is 0 Å². The predicted molar refractivity (Wildman–Crippen MR) is 66.4 cm³/mol. The molecule has 2 aromatic rings. The van der Waals surface area contributed by atoms with E-state index < -0.39 is 5.97 Å². The van der Waals surface area contributed by atoms with E-state index in [9.17, 15) is 4.79 Å². The van der Waals surface area contributed by atoms with Gasteiger partial charge in [-0.15, -0.1) is 0 Å². The maximum atomic E-state index is 11.8. The molecule has 2 nitrogen and oxygen atoms in total. The molecule has 0 unspecified atom stereocenters. The first-order valence-electron chi connectivity index (χ1n) is 5.12. The molecule has 3 heteroatoms. The fourth-order valence-electron chi connectivity index (χ4n) is 1.44. The van der Waals surface area contributed by atoms with Crippen LogP contribution in [0.1, 0.15) is 15.9 Å². The highest BCUT2D eigenvalue weighted by Gasteiger charge is 2.08. The van der Waals surface area contributed by atoms with Crippen molar-refractivity contribution in [3.63, 3.8) is 0 Å². The number of hydrogen-bond acceptors (Lipinski definition) is 2. The minimum absolute atomic E-state index is 0.396. The fourth-order valence-corrected chi connectivity index (χ4v) is 1.70. The van der Waals surface area contributed by atoms with Gasteiger partial charge in [0.05, 0.1) is 10.6 Å². The Morgan fingerprint density at radius 3 is 2.59 bits per heavy atom. The summed E-state index contributed by atoms with van der Waals surface area (Å²) in [7, 11) is 0. The van der Waals surface area contributed by atoms with Gasteiger partial charge >= 0.3 is 5.97 Å². The second-order valence-corrected chi connectivity index (χ2v) is 4.01. The first-order valence-corrected chi connectivity index (χ1v) is 5.49. The Bertz CT molecular complexity index is 515. The zero-order valence-electron chi connectivity index (χ0n) is 9.24. The molecule has 2 aromatic carbocycles. The highest BCUT2D eigenvalue weighted by molar-refractivity contribution is 6.30. The molecule has 0 atom stereocenters. The minimum atomic E-state index is -0.396. The maximum Gasteiger partial charge on any atom is 0.343 e. The van der Waals surface area contributed by atoms with E-state index in [2.05, 4.69) is 6.07 Å². The monoisotopic (exact) mass is 245 g/mol. The number of aryl methyl sites for hydroxylation is 1. The predicted octanol–water partition coefficient (Wildman–Crippen LogP) is 3.67. The van der Waals surface area contributed by atoms with Crippen molar-refractivity contribution in [2.45, 2.75) is 6.92 Å². The molecule has 0 saturated heterocycles. The maximum absolute atomic E-state index is 11.8. The molecule has 0 heterocycles. The van der Waals surface area contributed by atoms with Crippen LogP contribution in [0.2, 0.25) is 5.02 Å². The van der Waals surface area contributed by atoms with E-state index in [0.29, 0.717) is 16.3 Å². The van der Waals surface area contributed by atoms with Gasteiger partial charge < -0.3 is 4.74 Å². The molecule has 2 rings (SSSR count). The standard InChI is InChI=1S/C14H10ClO2/c1-10-7-12(15)9-13(8-10)17-14(16)11-5-3-2-4-6-11/h2-6,8-9H,1H3. The number of benzene rings is 2. The van der Waals surface area contributed by atoms with Gasteiger partial charge in [0.15, 0.2) is 0 Å². The number of rotatable bonds is 2. The van der Waals surface area contributed by atoms with Crippen molar-refractivity contribution in [2.75, 3.05) is 0 Å². The summed E-state index contributed by atoms with van der Waals surface area (Å²) in [5.74, 6) is 0.0346. The van der Waals surface area contributed by atoms with Crippen molar-refractivity contribution in [2.24, 2.45) is 0 Å².